The standard InChI is InChI=1S/C24H28N2O3/c1-3-4-5-7-10-19-13-15-20(16-14-19)24(27)29-23-17-21(18-28-2)25-26(23)22-11-8-6-9-12-22/h6,8-9,11-17H,3-5,7,10,18H2,1-2H3. The lowest BCUT2D eigenvalue weighted by atomic mass is 10.0. The lowest BCUT2D eigenvalue weighted by molar-refractivity contribution is 0.0723. The van der Waals surface area contributed by atoms with Crippen molar-refractivity contribution in [3.05, 3.63) is 77.5 Å². The van der Waals surface area contributed by atoms with Crippen molar-refractivity contribution >= 4 is 5.97 Å². The van der Waals surface area contributed by atoms with Crippen LogP contribution < -0.4 is 4.74 Å². The average Bonchev–Trinajstić information content (AvgIpc) is 3.15. The summed E-state index contributed by atoms with van der Waals surface area (Å²) in [5.74, 6) is -0.0273. The highest BCUT2D eigenvalue weighted by Crippen LogP contribution is 2.21. The molecule has 0 N–H and O–H groups in total. The number of carbonyl (C=O) groups excluding carboxylic acids is 1. The zero-order chi connectivity index (χ0) is 20.5. The van der Waals surface area contributed by atoms with Gasteiger partial charge in [-0.1, -0.05) is 56.5 Å². The van der Waals surface area contributed by atoms with Gasteiger partial charge in [0.1, 0.15) is 0 Å². The Balaban J connectivity index is 1.71. The van der Waals surface area contributed by atoms with Crippen LogP contribution in [0.25, 0.3) is 5.69 Å². The molecule has 1 heterocycles. The van der Waals surface area contributed by atoms with Crippen molar-refractivity contribution in [2.24, 2.45) is 0 Å². The summed E-state index contributed by atoms with van der Waals surface area (Å²) in [4.78, 5) is 12.7. The second kappa shape index (κ2) is 10.6. The van der Waals surface area contributed by atoms with Gasteiger partial charge in [-0.05, 0) is 42.7 Å². The van der Waals surface area contributed by atoms with E-state index in [0.29, 0.717) is 23.7 Å². The quantitative estimate of drug-likeness (QED) is 0.344. The maximum Gasteiger partial charge on any atom is 0.344 e. The SMILES string of the molecule is CCCCCCc1ccc(C(=O)Oc2cc(COC)nn2-c2ccccc2)cc1. The van der Waals surface area contributed by atoms with E-state index in [1.165, 1.54) is 31.2 Å². The normalized spacial score (nSPS) is 10.8. The molecule has 5 nitrogen and oxygen atoms in total. The number of unbranched alkanes of at least 4 members (excludes halogenated alkanes) is 3. The number of esters is 1. The van der Waals surface area contributed by atoms with Gasteiger partial charge in [-0.3, -0.25) is 0 Å². The van der Waals surface area contributed by atoms with E-state index in [1.54, 1.807) is 17.9 Å². The van der Waals surface area contributed by atoms with Crippen LogP contribution >= 0.6 is 0 Å². The Morgan fingerprint density at radius 3 is 2.45 bits per heavy atom. The molecule has 1 aromatic heterocycles. The number of carbonyl (C=O) groups is 1. The lowest BCUT2D eigenvalue weighted by Crippen LogP contribution is -2.11. The summed E-state index contributed by atoms with van der Waals surface area (Å²) in [7, 11) is 1.61. The Morgan fingerprint density at radius 1 is 1.00 bits per heavy atom. The highest BCUT2D eigenvalue weighted by molar-refractivity contribution is 5.91. The van der Waals surface area contributed by atoms with E-state index < -0.39 is 5.97 Å². The fourth-order valence-corrected chi connectivity index (χ4v) is 3.17. The van der Waals surface area contributed by atoms with Gasteiger partial charge in [0.25, 0.3) is 0 Å². The van der Waals surface area contributed by atoms with E-state index in [0.717, 1.165) is 12.1 Å². The van der Waals surface area contributed by atoms with Gasteiger partial charge in [-0.25, -0.2) is 9.48 Å². The van der Waals surface area contributed by atoms with Crippen molar-refractivity contribution in [1.29, 1.82) is 0 Å². The molecule has 0 aliphatic heterocycles. The first-order valence-corrected chi connectivity index (χ1v) is 10.2. The molecule has 0 spiro atoms. The first-order valence-electron chi connectivity index (χ1n) is 10.2. The van der Waals surface area contributed by atoms with E-state index in [4.69, 9.17) is 9.47 Å². The van der Waals surface area contributed by atoms with Crippen molar-refractivity contribution in [3.63, 3.8) is 0 Å². The number of benzene rings is 2. The number of hydrogen-bond acceptors (Lipinski definition) is 4. The van der Waals surface area contributed by atoms with Gasteiger partial charge in [0, 0.05) is 13.2 Å². The topological polar surface area (TPSA) is 53.4 Å². The van der Waals surface area contributed by atoms with Crippen LogP contribution in [0.2, 0.25) is 0 Å². The second-order valence-corrected chi connectivity index (χ2v) is 7.05. The van der Waals surface area contributed by atoms with E-state index in [9.17, 15) is 4.79 Å². The van der Waals surface area contributed by atoms with Gasteiger partial charge in [-0.15, -0.1) is 0 Å². The number of rotatable bonds is 10. The van der Waals surface area contributed by atoms with Crippen LogP contribution in [-0.4, -0.2) is 22.9 Å². The molecule has 0 aliphatic rings. The van der Waals surface area contributed by atoms with E-state index in [-0.39, 0.29) is 0 Å². The van der Waals surface area contributed by atoms with E-state index in [1.807, 2.05) is 54.6 Å². The predicted molar refractivity (Wildman–Crippen MR) is 114 cm³/mol. The lowest BCUT2D eigenvalue weighted by Gasteiger charge is -2.08. The van der Waals surface area contributed by atoms with Crippen molar-refractivity contribution in [1.82, 2.24) is 9.78 Å². The molecule has 0 atom stereocenters. The number of nitrogens with zero attached hydrogens (tertiary/aromatic N) is 2. The number of aromatic nitrogens is 2. The smallest absolute Gasteiger partial charge is 0.344 e. The van der Waals surface area contributed by atoms with Crippen LogP contribution in [0.4, 0.5) is 0 Å². The Bertz CT molecular complexity index is 902. The van der Waals surface area contributed by atoms with Crippen molar-refractivity contribution < 1.29 is 14.3 Å². The van der Waals surface area contributed by atoms with Crippen LogP contribution in [0.1, 0.15) is 54.2 Å². The predicted octanol–water partition coefficient (Wildman–Crippen LogP) is 5.36. The third kappa shape index (κ3) is 5.78. The van der Waals surface area contributed by atoms with Crippen molar-refractivity contribution in [2.75, 3.05) is 7.11 Å². The molecule has 29 heavy (non-hydrogen) atoms. The van der Waals surface area contributed by atoms with Crippen LogP contribution in [0.3, 0.4) is 0 Å². The van der Waals surface area contributed by atoms with Crippen molar-refractivity contribution in [3.8, 4) is 11.6 Å². The molecule has 5 heteroatoms. The van der Waals surface area contributed by atoms with E-state index in [2.05, 4.69) is 12.0 Å². The fourth-order valence-electron chi connectivity index (χ4n) is 3.17. The summed E-state index contributed by atoms with van der Waals surface area (Å²) in [6.07, 6.45) is 5.96. The van der Waals surface area contributed by atoms with Gasteiger partial charge in [0.15, 0.2) is 0 Å². The molecule has 0 radical (unpaired) electrons. The summed E-state index contributed by atoms with van der Waals surface area (Å²) < 4.78 is 12.5. The largest absolute Gasteiger partial charge is 0.404 e. The van der Waals surface area contributed by atoms with Gasteiger partial charge < -0.3 is 9.47 Å². The molecule has 0 saturated heterocycles. The molecule has 3 rings (SSSR count). The highest BCUT2D eigenvalue weighted by atomic mass is 16.5. The minimum Gasteiger partial charge on any atom is -0.404 e. The van der Waals surface area contributed by atoms with Gasteiger partial charge in [0.05, 0.1) is 23.6 Å². The molecular formula is C24H28N2O3. The minimum absolute atomic E-state index is 0.344. The molecule has 0 bridgehead atoms. The number of methoxy groups -OCH3 is 1. The zero-order valence-corrected chi connectivity index (χ0v) is 17.1. The third-order valence-electron chi connectivity index (χ3n) is 4.73. The summed E-state index contributed by atoms with van der Waals surface area (Å²) in [5, 5.41) is 4.49. The third-order valence-corrected chi connectivity index (χ3v) is 4.73. The summed E-state index contributed by atoms with van der Waals surface area (Å²) >= 11 is 0. The maximum atomic E-state index is 12.7. The first-order chi connectivity index (χ1) is 14.2. The Kier molecular flexibility index (Phi) is 7.59. The van der Waals surface area contributed by atoms with Crippen LogP contribution in [0.5, 0.6) is 5.88 Å². The molecule has 3 aromatic rings. The van der Waals surface area contributed by atoms with Crippen LogP contribution in [0.15, 0.2) is 60.7 Å². The molecule has 0 amide bonds. The summed E-state index contributed by atoms with van der Waals surface area (Å²) in [6.45, 7) is 2.56. The number of ether oxygens (including phenoxy) is 2. The van der Waals surface area contributed by atoms with Gasteiger partial charge in [-0.2, -0.15) is 5.10 Å². The van der Waals surface area contributed by atoms with E-state index >= 15 is 0 Å². The Morgan fingerprint density at radius 2 is 1.76 bits per heavy atom. The summed E-state index contributed by atoms with van der Waals surface area (Å²) in [6, 6.07) is 19.0. The Hall–Kier alpha value is -2.92. The van der Waals surface area contributed by atoms with Crippen LogP contribution in [-0.2, 0) is 17.8 Å². The molecule has 0 saturated carbocycles. The summed E-state index contributed by atoms with van der Waals surface area (Å²) in [5.41, 5.74) is 3.28. The molecule has 2 aromatic carbocycles. The Labute approximate surface area is 172 Å². The zero-order valence-electron chi connectivity index (χ0n) is 17.1. The van der Waals surface area contributed by atoms with Crippen LogP contribution in [0, 0.1) is 0 Å². The molecule has 0 aliphatic carbocycles. The highest BCUT2D eigenvalue weighted by Gasteiger charge is 2.16. The number of aryl methyl sites for hydroxylation is 1. The van der Waals surface area contributed by atoms with Gasteiger partial charge in [0.2, 0.25) is 5.88 Å². The molecular weight excluding hydrogens is 364 g/mol. The monoisotopic (exact) mass is 392 g/mol. The first kappa shape index (κ1) is 20.8. The molecule has 0 fully saturated rings. The molecule has 152 valence electrons. The second-order valence-electron chi connectivity index (χ2n) is 7.05. The number of hydrogen-bond donors (Lipinski definition) is 0. The molecule has 0 unspecified atom stereocenters. The van der Waals surface area contributed by atoms with Gasteiger partial charge >= 0.3 is 5.97 Å². The maximum absolute atomic E-state index is 12.7. The minimum atomic E-state index is -0.399. The number of para-hydroxylation sites is 1. The fraction of sp³-hybridized carbons (Fsp3) is 0.333. The van der Waals surface area contributed by atoms with Crippen molar-refractivity contribution in [2.45, 2.75) is 45.6 Å². The average molecular weight is 392 g/mol.